The predicted octanol–water partition coefficient (Wildman–Crippen LogP) is 0.109. The molecule has 2 aromatic rings. The van der Waals surface area contributed by atoms with Crippen molar-refractivity contribution in [3.05, 3.63) is 30.9 Å². The van der Waals surface area contributed by atoms with Crippen LogP contribution in [-0.2, 0) is 20.2 Å². The number of aromatic nitrogens is 3. The third kappa shape index (κ3) is 3.69. The molecule has 1 aromatic heterocycles. The number of nitrogens with zero attached hydrogens (tertiary/aromatic N) is 3. The summed E-state index contributed by atoms with van der Waals surface area (Å²) in [5, 5.41) is 2.41. The van der Waals surface area contributed by atoms with Gasteiger partial charge in [-0.15, -0.1) is 0 Å². The maximum absolute atomic E-state index is 11.3. The van der Waals surface area contributed by atoms with Gasteiger partial charge in [-0.05, 0) is 18.2 Å². The zero-order valence-electron chi connectivity index (χ0n) is 10.1. The van der Waals surface area contributed by atoms with Crippen LogP contribution in [0.2, 0.25) is 0 Å². The average molecular weight is 332 g/mol. The topological polar surface area (TPSA) is 159 Å². The van der Waals surface area contributed by atoms with Crippen molar-refractivity contribution in [2.24, 2.45) is 0 Å². The van der Waals surface area contributed by atoms with Crippen LogP contribution in [0.25, 0.3) is 0 Å². The van der Waals surface area contributed by atoms with E-state index in [-0.39, 0.29) is 11.6 Å². The zero-order valence-corrected chi connectivity index (χ0v) is 11.7. The van der Waals surface area contributed by atoms with E-state index >= 15 is 0 Å². The Labute approximate surface area is 119 Å². The van der Waals surface area contributed by atoms with E-state index in [4.69, 9.17) is 9.11 Å². The monoisotopic (exact) mass is 332 g/mol. The molecular formula is C9H8N4O6S2. The third-order valence-electron chi connectivity index (χ3n) is 2.27. The van der Waals surface area contributed by atoms with Gasteiger partial charge in [0.15, 0.2) is 0 Å². The first-order valence-electron chi connectivity index (χ1n) is 5.16. The molecule has 1 heterocycles. The van der Waals surface area contributed by atoms with Gasteiger partial charge >= 0.3 is 0 Å². The molecule has 21 heavy (non-hydrogen) atoms. The van der Waals surface area contributed by atoms with E-state index < -0.39 is 30.0 Å². The maximum Gasteiger partial charge on any atom is 0.296 e. The first kappa shape index (κ1) is 15.2. The number of hydrogen-bond acceptors (Lipinski definition) is 8. The zero-order chi connectivity index (χ0) is 15.7. The minimum Gasteiger partial charge on any atom is -0.323 e. The maximum atomic E-state index is 11.3. The first-order valence-corrected chi connectivity index (χ1v) is 8.04. The van der Waals surface area contributed by atoms with E-state index in [1.807, 2.05) is 0 Å². The molecule has 3 N–H and O–H groups in total. The fourth-order valence-corrected chi connectivity index (χ4v) is 2.55. The molecule has 0 atom stereocenters. The standard InChI is InChI=1S/C9H8N4O6S2/c14-20(15,16)6-1-2-8(21(17,18)19)7(3-6)13-9-11-4-10-5-12-9/h1-5H,(H,14,15,16)(H,17,18,19)(H,10,11,12,13). The smallest absolute Gasteiger partial charge is 0.296 e. The van der Waals surface area contributed by atoms with Crippen molar-refractivity contribution in [2.45, 2.75) is 9.79 Å². The van der Waals surface area contributed by atoms with Gasteiger partial charge in [-0.3, -0.25) is 9.11 Å². The van der Waals surface area contributed by atoms with Gasteiger partial charge < -0.3 is 5.32 Å². The van der Waals surface area contributed by atoms with Crippen molar-refractivity contribution in [1.82, 2.24) is 15.0 Å². The Kier molecular flexibility index (Phi) is 3.87. The second-order valence-electron chi connectivity index (χ2n) is 3.69. The number of nitrogens with one attached hydrogen (secondary N) is 1. The second kappa shape index (κ2) is 5.33. The molecule has 10 nitrogen and oxygen atoms in total. The Morgan fingerprint density at radius 1 is 0.952 bits per heavy atom. The summed E-state index contributed by atoms with van der Waals surface area (Å²) in [6, 6.07) is 2.47. The van der Waals surface area contributed by atoms with Gasteiger partial charge in [0.1, 0.15) is 17.6 Å². The lowest BCUT2D eigenvalue weighted by Gasteiger charge is -2.09. The largest absolute Gasteiger partial charge is 0.323 e. The number of hydrogen-bond donors (Lipinski definition) is 3. The highest BCUT2D eigenvalue weighted by Crippen LogP contribution is 2.26. The van der Waals surface area contributed by atoms with Crippen molar-refractivity contribution < 1.29 is 25.9 Å². The summed E-state index contributed by atoms with van der Waals surface area (Å²) in [5.41, 5.74) is -0.321. The van der Waals surface area contributed by atoms with E-state index in [1.54, 1.807) is 0 Å². The SMILES string of the molecule is O=S(=O)(O)c1ccc(S(=O)(=O)O)c(Nc2ncncn2)c1. The van der Waals surface area contributed by atoms with Crippen LogP contribution < -0.4 is 5.32 Å². The Bertz CT molecular complexity index is 866. The minimum atomic E-state index is -4.63. The molecule has 0 radical (unpaired) electrons. The molecule has 0 spiro atoms. The molecule has 0 bridgehead atoms. The Balaban J connectivity index is 2.59. The highest BCUT2D eigenvalue weighted by Gasteiger charge is 2.20. The van der Waals surface area contributed by atoms with E-state index in [0.29, 0.717) is 0 Å². The van der Waals surface area contributed by atoms with E-state index in [1.165, 1.54) is 0 Å². The molecule has 0 aliphatic heterocycles. The van der Waals surface area contributed by atoms with Crippen molar-refractivity contribution in [3.63, 3.8) is 0 Å². The van der Waals surface area contributed by atoms with E-state index in [0.717, 1.165) is 30.9 Å². The first-order chi connectivity index (χ1) is 9.68. The Hall–Kier alpha value is -2.15. The van der Waals surface area contributed by atoms with Gasteiger partial charge in [0.25, 0.3) is 20.2 Å². The second-order valence-corrected chi connectivity index (χ2v) is 6.51. The summed E-state index contributed by atoms with van der Waals surface area (Å²) < 4.78 is 62.7. The minimum absolute atomic E-state index is 0.0811. The molecule has 12 heteroatoms. The molecule has 1 aromatic carbocycles. The lowest BCUT2D eigenvalue weighted by atomic mass is 10.3. The van der Waals surface area contributed by atoms with Crippen molar-refractivity contribution in [3.8, 4) is 0 Å². The van der Waals surface area contributed by atoms with Gasteiger partial charge in [0, 0.05) is 0 Å². The van der Waals surface area contributed by atoms with Crippen molar-refractivity contribution >= 4 is 31.9 Å². The fourth-order valence-electron chi connectivity index (χ4n) is 1.42. The number of benzene rings is 1. The van der Waals surface area contributed by atoms with E-state index in [9.17, 15) is 16.8 Å². The van der Waals surface area contributed by atoms with E-state index in [2.05, 4.69) is 20.3 Å². The Morgan fingerprint density at radius 3 is 2.10 bits per heavy atom. The molecule has 2 rings (SSSR count). The van der Waals surface area contributed by atoms with Crippen molar-refractivity contribution in [2.75, 3.05) is 5.32 Å². The van der Waals surface area contributed by atoms with Crippen molar-refractivity contribution in [1.29, 1.82) is 0 Å². The Morgan fingerprint density at radius 2 is 1.57 bits per heavy atom. The summed E-state index contributed by atoms with van der Waals surface area (Å²) in [7, 11) is -9.18. The van der Waals surface area contributed by atoms with Crippen LogP contribution in [0.1, 0.15) is 0 Å². The summed E-state index contributed by atoms with van der Waals surface area (Å²) in [6.45, 7) is 0. The molecule has 0 fully saturated rings. The molecule has 0 unspecified atom stereocenters. The molecular weight excluding hydrogens is 324 g/mol. The number of rotatable bonds is 4. The van der Waals surface area contributed by atoms with Crippen LogP contribution in [0.3, 0.4) is 0 Å². The van der Waals surface area contributed by atoms with Gasteiger partial charge in [-0.25, -0.2) is 15.0 Å². The highest BCUT2D eigenvalue weighted by atomic mass is 32.2. The van der Waals surface area contributed by atoms with Crippen LogP contribution in [0.5, 0.6) is 0 Å². The van der Waals surface area contributed by atoms with Crippen LogP contribution in [0, 0.1) is 0 Å². The van der Waals surface area contributed by atoms with Crippen LogP contribution >= 0.6 is 0 Å². The van der Waals surface area contributed by atoms with Gasteiger partial charge in [0.05, 0.1) is 10.6 Å². The molecule has 0 aliphatic rings. The predicted molar refractivity (Wildman–Crippen MR) is 69.2 cm³/mol. The molecule has 0 saturated heterocycles. The highest BCUT2D eigenvalue weighted by molar-refractivity contribution is 7.86. The summed E-state index contributed by atoms with van der Waals surface area (Å²) in [5.74, 6) is -0.0811. The lowest BCUT2D eigenvalue weighted by molar-refractivity contribution is 0.479. The summed E-state index contributed by atoms with van der Waals surface area (Å²) >= 11 is 0. The normalized spacial score (nSPS) is 12.1. The molecule has 0 aliphatic carbocycles. The molecule has 0 saturated carbocycles. The van der Waals surface area contributed by atoms with Gasteiger partial charge in [0.2, 0.25) is 5.95 Å². The van der Waals surface area contributed by atoms with Crippen LogP contribution in [0.4, 0.5) is 11.6 Å². The average Bonchev–Trinajstić information content (AvgIpc) is 2.37. The summed E-state index contributed by atoms with van der Waals surface area (Å²) in [6.07, 6.45) is 2.24. The quantitative estimate of drug-likeness (QED) is 0.655. The van der Waals surface area contributed by atoms with Crippen LogP contribution in [-0.4, -0.2) is 40.9 Å². The number of anilines is 2. The molecule has 112 valence electrons. The van der Waals surface area contributed by atoms with Gasteiger partial charge in [-0.2, -0.15) is 16.8 Å². The fraction of sp³-hybridized carbons (Fsp3) is 0. The summed E-state index contributed by atoms with van der Waals surface area (Å²) in [4.78, 5) is 9.72. The third-order valence-corrected chi connectivity index (χ3v) is 4.03. The van der Waals surface area contributed by atoms with Gasteiger partial charge in [-0.1, -0.05) is 0 Å². The molecule has 0 amide bonds. The van der Waals surface area contributed by atoms with Crippen LogP contribution in [0.15, 0.2) is 40.6 Å². The lowest BCUT2D eigenvalue weighted by Crippen LogP contribution is -2.07.